The fraction of sp³-hybridized carbons (Fsp3) is 0.395. The van der Waals surface area contributed by atoms with Gasteiger partial charge < -0.3 is 9.80 Å². The van der Waals surface area contributed by atoms with Crippen LogP contribution in [0.3, 0.4) is 0 Å². The quantitative estimate of drug-likeness (QED) is 0.108. The standard InChI is InChI=1S/C43H50N6OS/c1-6-7-14-31-25-27-35(28-26-31)37(34-15-10-8-11-16-34)48(36-17-12-9-13-18-36)38-41(50)49-39(43(4,5)51-42(38)49)40-44-45-46-47(40)29-33-23-21-32(22-24-33)20-19-30(2)3/h8-13,15-18,21-28,30,37-39,42H,6-7,14,19-20,29H2,1-5H3/t37?,38?,39?,42-/m1/s1. The second kappa shape index (κ2) is 15.0. The Balaban J connectivity index is 1.21. The van der Waals surface area contributed by atoms with Crippen molar-refractivity contribution in [2.24, 2.45) is 5.92 Å². The van der Waals surface area contributed by atoms with Gasteiger partial charge >= 0.3 is 0 Å². The molecule has 3 heterocycles. The van der Waals surface area contributed by atoms with Gasteiger partial charge in [0.05, 0.1) is 12.6 Å². The molecule has 0 bridgehead atoms. The molecule has 2 saturated heterocycles. The van der Waals surface area contributed by atoms with E-state index in [2.05, 4.69) is 163 Å². The average molecular weight is 699 g/mol. The minimum absolute atomic E-state index is 0.0712. The Labute approximate surface area is 307 Å². The molecule has 2 fully saturated rings. The summed E-state index contributed by atoms with van der Waals surface area (Å²) in [6, 6.07) is 38.2. The van der Waals surface area contributed by atoms with E-state index in [-0.39, 0.29) is 34.2 Å². The first kappa shape index (κ1) is 35.0. The topological polar surface area (TPSA) is 67.2 Å². The van der Waals surface area contributed by atoms with E-state index in [1.165, 1.54) is 36.0 Å². The van der Waals surface area contributed by atoms with E-state index in [0.717, 1.165) is 35.5 Å². The molecule has 1 aromatic heterocycles. The van der Waals surface area contributed by atoms with Crippen LogP contribution in [0.15, 0.2) is 109 Å². The van der Waals surface area contributed by atoms with Crippen molar-refractivity contribution in [3.8, 4) is 0 Å². The molecule has 2 aliphatic rings. The second-order valence-corrected chi connectivity index (χ2v) is 16.8. The molecule has 1 amide bonds. The highest BCUT2D eigenvalue weighted by Crippen LogP contribution is 2.59. The van der Waals surface area contributed by atoms with E-state index in [0.29, 0.717) is 12.5 Å². The van der Waals surface area contributed by atoms with Crippen LogP contribution in [0.4, 0.5) is 5.69 Å². The Hall–Kier alpha value is -4.43. The summed E-state index contributed by atoms with van der Waals surface area (Å²) in [5, 5.41) is 13.1. The zero-order valence-corrected chi connectivity index (χ0v) is 31.3. The first-order chi connectivity index (χ1) is 24.7. The van der Waals surface area contributed by atoms with Crippen molar-refractivity contribution in [1.82, 2.24) is 25.1 Å². The number of aryl methyl sites for hydroxylation is 2. The Morgan fingerprint density at radius 1 is 0.804 bits per heavy atom. The molecule has 2 aliphatic heterocycles. The van der Waals surface area contributed by atoms with Gasteiger partial charge in [0.2, 0.25) is 5.91 Å². The van der Waals surface area contributed by atoms with Crippen LogP contribution in [0, 0.1) is 5.92 Å². The maximum Gasteiger partial charge on any atom is 0.250 e. The third-order valence-electron chi connectivity index (χ3n) is 10.4. The number of benzene rings is 4. The molecule has 7 nitrogen and oxygen atoms in total. The first-order valence-corrected chi connectivity index (χ1v) is 19.4. The number of fused-ring (bicyclic) bond motifs is 1. The van der Waals surface area contributed by atoms with Crippen LogP contribution in [-0.2, 0) is 24.2 Å². The van der Waals surface area contributed by atoms with Gasteiger partial charge in [-0.3, -0.25) is 4.79 Å². The SMILES string of the molecule is CCCCc1ccc(C(c2ccccc2)N(c2ccccc2)C2C(=O)N3C(c4nnnn4Cc4ccc(CCC(C)C)cc4)C(C)(C)S[C@H]23)cc1. The summed E-state index contributed by atoms with van der Waals surface area (Å²) in [6.07, 6.45) is 5.68. The van der Waals surface area contributed by atoms with E-state index >= 15 is 0 Å². The third kappa shape index (κ3) is 7.21. The van der Waals surface area contributed by atoms with Crippen molar-refractivity contribution in [2.75, 3.05) is 4.90 Å². The van der Waals surface area contributed by atoms with E-state index < -0.39 is 0 Å². The number of thioether (sulfide) groups is 1. The van der Waals surface area contributed by atoms with Crippen LogP contribution in [0.25, 0.3) is 0 Å². The molecule has 4 atom stereocenters. The summed E-state index contributed by atoms with van der Waals surface area (Å²) in [6.45, 7) is 11.8. The highest BCUT2D eigenvalue weighted by molar-refractivity contribution is 8.01. The number of hydrogen-bond acceptors (Lipinski definition) is 6. The predicted molar refractivity (Wildman–Crippen MR) is 208 cm³/mol. The largest absolute Gasteiger partial charge is 0.346 e. The molecule has 8 heteroatoms. The normalized spacial score (nSPS) is 19.9. The number of anilines is 1. The average Bonchev–Trinajstić information content (AvgIpc) is 3.69. The number of hydrogen-bond donors (Lipinski definition) is 0. The number of unbranched alkanes of at least 4 members (excludes halogenated alkanes) is 1. The Kier molecular flexibility index (Phi) is 10.3. The summed E-state index contributed by atoms with van der Waals surface area (Å²) in [4.78, 5) is 19.2. The summed E-state index contributed by atoms with van der Waals surface area (Å²) in [5.41, 5.74) is 7.21. The molecule has 0 N–H and O–H groups in total. The van der Waals surface area contributed by atoms with E-state index in [4.69, 9.17) is 0 Å². The van der Waals surface area contributed by atoms with E-state index in [9.17, 15) is 4.79 Å². The lowest BCUT2D eigenvalue weighted by Crippen LogP contribution is -2.68. The minimum Gasteiger partial charge on any atom is -0.346 e. The smallest absolute Gasteiger partial charge is 0.250 e. The summed E-state index contributed by atoms with van der Waals surface area (Å²) >= 11 is 1.86. The molecule has 0 saturated carbocycles. The molecule has 0 aliphatic carbocycles. The predicted octanol–water partition coefficient (Wildman–Crippen LogP) is 9.05. The Bertz CT molecular complexity index is 1890. The van der Waals surface area contributed by atoms with Crippen molar-refractivity contribution in [2.45, 2.75) is 102 Å². The van der Waals surface area contributed by atoms with Gasteiger partial charge in [-0.05, 0) is 95.8 Å². The highest BCUT2D eigenvalue weighted by Gasteiger charge is 2.65. The van der Waals surface area contributed by atoms with Crippen LogP contribution >= 0.6 is 11.8 Å². The van der Waals surface area contributed by atoms with Crippen molar-refractivity contribution in [3.05, 3.63) is 143 Å². The number of rotatable bonds is 14. The van der Waals surface area contributed by atoms with E-state index in [1.54, 1.807) is 0 Å². The van der Waals surface area contributed by atoms with Crippen LogP contribution in [0.1, 0.15) is 99.6 Å². The molecule has 51 heavy (non-hydrogen) atoms. The molecule has 0 spiro atoms. The molecule has 0 radical (unpaired) electrons. The van der Waals surface area contributed by atoms with Crippen LogP contribution < -0.4 is 4.90 Å². The zero-order chi connectivity index (χ0) is 35.5. The molecule has 5 aromatic rings. The van der Waals surface area contributed by atoms with E-state index in [1.807, 2.05) is 22.5 Å². The number of para-hydroxylation sites is 1. The maximum absolute atomic E-state index is 14.8. The van der Waals surface area contributed by atoms with Gasteiger partial charge in [-0.25, -0.2) is 4.68 Å². The number of tetrazole rings is 1. The number of aromatic nitrogens is 4. The molecule has 264 valence electrons. The number of nitrogens with zero attached hydrogens (tertiary/aromatic N) is 6. The molecule has 7 rings (SSSR count). The van der Waals surface area contributed by atoms with Crippen molar-refractivity contribution in [3.63, 3.8) is 0 Å². The van der Waals surface area contributed by atoms with Gasteiger partial charge in [-0.2, -0.15) is 0 Å². The van der Waals surface area contributed by atoms with Crippen LogP contribution in [-0.4, -0.2) is 47.2 Å². The number of carbonyl (C=O) groups excluding carboxylic acids is 1. The summed E-state index contributed by atoms with van der Waals surface area (Å²) < 4.78 is 1.58. The minimum atomic E-state index is -0.366. The third-order valence-corrected chi connectivity index (χ3v) is 12.0. The van der Waals surface area contributed by atoms with Crippen molar-refractivity contribution < 1.29 is 4.79 Å². The van der Waals surface area contributed by atoms with Gasteiger partial charge in [0.1, 0.15) is 17.5 Å². The highest BCUT2D eigenvalue weighted by atomic mass is 32.2. The maximum atomic E-state index is 14.8. The second-order valence-electron chi connectivity index (χ2n) is 15.0. The van der Waals surface area contributed by atoms with Gasteiger partial charge in [-0.15, -0.1) is 16.9 Å². The monoisotopic (exact) mass is 698 g/mol. The lowest BCUT2D eigenvalue weighted by Gasteiger charge is -2.52. The van der Waals surface area contributed by atoms with Gasteiger partial charge in [-0.1, -0.05) is 124 Å². The molecule has 3 unspecified atom stereocenters. The van der Waals surface area contributed by atoms with Gasteiger partial charge in [0.25, 0.3) is 0 Å². The fourth-order valence-electron chi connectivity index (χ4n) is 7.69. The van der Waals surface area contributed by atoms with Crippen LogP contribution in [0.2, 0.25) is 0 Å². The number of β-lactam (4-membered cyclic amide) rings is 1. The zero-order valence-electron chi connectivity index (χ0n) is 30.5. The lowest BCUT2D eigenvalue weighted by atomic mass is 9.89. The molecular weight excluding hydrogens is 649 g/mol. The summed E-state index contributed by atoms with van der Waals surface area (Å²) in [7, 11) is 0. The van der Waals surface area contributed by atoms with Crippen LogP contribution in [0.5, 0.6) is 0 Å². The lowest BCUT2D eigenvalue weighted by molar-refractivity contribution is -0.148. The van der Waals surface area contributed by atoms with Gasteiger partial charge in [0, 0.05) is 10.4 Å². The van der Waals surface area contributed by atoms with Crippen molar-refractivity contribution >= 4 is 23.4 Å². The first-order valence-electron chi connectivity index (χ1n) is 18.6. The van der Waals surface area contributed by atoms with Gasteiger partial charge in [0.15, 0.2) is 5.82 Å². The molecular formula is C43H50N6OS. The number of carbonyl (C=O) groups is 1. The Morgan fingerprint density at radius 3 is 2.08 bits per heavy atom. The molecule has 4 aromatic carbocycles. The Morgan fingerprint density at radius 2 is 1.41 bits per heavy atom. The fourth-order valence-corrected chi connectivity index (χ4v) is 9.38. The van der Waals surface area contributed by atoms with Crippen molar-refractivity contribution in [1.29, 1.82) is 0 Å². The number of amides is 1. The summed E-state index contributed by atoms with van der Waals surface area (Å²) in [5.74, 6) is 1.52.